The average molecular weight is 1860 g/mol. The molecule has 13 rings (SSSR count). The third kappa shape index (κ3) is 26.8. The predicted molar refractivity (Wildman–Crippen MR) is 467 cm³/mol. The molecule has 0 aromatic heterocycles. The highest BCUT2D eigenvalue weighted by molar-refractivity contribution is 9.10. The molecule has 624 valence electrons. The number of carboxylic acid groups (broad SMARTS) is 1. The number of amides is 2. The lowest BCUT2D eigenvalue weighted by atomic mass is 10.0. The molecule has 19 nitrogen and oxygen atoms in total. The standard InChI is InChI=1S/C29H34Cl2N2O4.C25H26Cl2N2O4.C13H16Cl2O3.C13H14Cl2O3.C6H3BrCl2O/c1-28(2,3)37-26(34)11-8-19-16-22(31)25(17-21(19)30)36-18-29(12-13-29)27(35)33-15-14-32(20-9-10-20)23-6-4-5-7-24(23)33;26-18-14-22(19(27)13-16(18)5-8-23(30)31)33-15-25(9-10-25)24(32)29-12-11-28(17-6-7-17)20-3-1-2-4-21(20)29;2*1-13(2,3)18-12(17)5-4-8-6-10(15)11(16)7-9(8)14;7-3-1-5(9)6(10)2-4(3)8/h4-7,16-17,20H,8-15,18H2,1-3H3;1-4,13-14,17H,5-12,15H2,(H,30,31);6-7,16H,4-5H2,1-3H3;4-7,16H,1-3H3;1-2,10H/b;;;5-4+;. The number of hydrogen-bond donors (Lipinski definition) is 4. The highest BCUT2D eigenvalue weighted by atomic mass is 79.9. The zero-order valence-electron chi connectivity index (χ0n) is 65.6. The number of phenols is 3. The number of rotatable bonds is 21. The highest BCUT2D eigenvalue weighted by Gasteiger charge is 2.55. The molecule has 4 N–H and O–H groups in total. The summed E-state index contributed by atoms with van der Waals surface area (Å²) in [6, 6.07) is 32.9. The van der Waals surface area contributed by atoms with Gasteiger partial charge in [-0.1, -0.05) is 140 Å². The number of ether oxygens (including phenoxy) is 5. The van der Waals surface area contributed by atoms with E-state index in [2.05, 4.69) is 37.9 Å². The summed E-state index contributed by atoms with van der Waals surface area (Å²) in [4.78, 5) is 82.0. The van der Waals surface area contributed by atoms with Gasteiger partial charge in [0.15, 0.2) is 0 Å². The molecule has 7 aromatic rings. The first-order valence-electron chi connectivity index (χ1n) is 37.7. The van der Waals surface area contributed by atoms with E-state index in [0.717, 1.165) is 67.1 Å². The van der Waals surface area contributed by atoms with E-state index >= 15 is 0 Å². The largest absolute Gasteiger partial charge is 0.506 e. The summed E-state index contributed by atoms with van der Waals surface area (Å²) in [7, 11) is 0. The van der Waals surface area contributed by atoms with Crippen LogP contribution in [0.3, 0.4) is 0 Å². The van der Waals surface area contributed by atoms with E-state index in [9.17, 15) is 39.0 Å². The van der Waals surface area contributed by atoms with Crippen LogP contribution in [0, 0.1) is 10.8 Å². The molecule has 0 spiro atoms. The van der Waals surface area contributed by atoms with E-state index in [1.165, 1.54) is 62.1 Å². The number of carbonyl (C=O) groups is 6. The zero-order chi connectivity index (χ0) is 85.1. The molecule has 116 heavy (non-hydrogen) atoms. The lowest BCUT2D eigenvalue weighted by Crippen LogP contribution is -2.48. The summed E-state index contributed by atoms with van der Waals surface area (Å²) in [6.07, 6.45) is 12.3. The van der Waals surface area contributed by atoms with E-state index in [-0.39, 0.29) is 88.5 Å². The molecule has 30 heteroatoms. The van der Waals surface area contributed by atoms with Gasteiger partial charge in [-0.05, 0) is 232 Å². The summed E-state index contributed by atoms with van der Waals surface area (Å²) in [6.45, 7) is 19.9. The third-order valence-electron chi connectivity index (χ3n) is 19.0. The number of nitrogens with zero attached hydrogens (tertiary/aromatic N) is 4. The molecule has 0 radical (unpaired) electrons. The quantitative estimate of drug-likeness (QED) is 0.0226. The Labute approximate surface area is 735 Å². The minimum atomic E-state index is -0.892. The summed E-state index contributed by atoms with van der Waals surface area (Å²) >= 11 is 63.4. The Morgan fingerprint density at radius 1 is 0.440 bits per heavy atom. The zero-order valence-corrected chi connectivity index (χ0v) is 74.7. The molecule has 4 saturated carbocycles. The van der Waals surface area contributed by atoms with Crippen molar-refractivity contribution >= 4 is 196 Å². The third-order valence-corrected chi connectivity index (χ3v) is 23.1. The van der Waals surface area contributed by atoms with Gasteiger partial charge in [0.2, 0.25) is 11.8 Å². The van der Waals surface area contributed by atoms with Gasteiger partial charge in [0, 0.05) is 113 Å². The first-order chi connectivity index (χ1) is 54.4. The molecular formula is C86H93BrCl10N4O15. The van der Waals surface area contributed by atoms with Crippen molar-refractivity contribution in [1.29, 1.82) is 0 Å². The topological polar surface area (TPSA) is 242 Å². The number of para-hydroxylation sites is 4. The second-order valence-corrected chi connectivity index (χ2v) is 36.9. The van der Waals surface area contributed by atoms with Gasteiger partial charge in [0.25, 0.3) is 0 Å². The van der Waals surface area contributed by atoms with E-state index in [4.69, 9.17) is 150 Å². The maximum absolute atomic E-state index is 13.7. The molecule has 4 fully saturated rings. The number of esters is 3. The van der Waals surface area contributed by atoms with Gasteiger partial charge in [0.05, 0.1) is 68.7 Å². The highest BCUT2D eigenvalue weighted by Crippen LogP contribution is 2.53. The maximum Gasteiger partial charge on any atom is 0.331 e. The minimum absolute atomic E-state index is 0.00475. The van der Waals surface area contributed by atoms with Crippen molar-refractivity contribution in [3.05, 3.63) is 192 Å². The van der Waals surface area contributed by atoms with Gasteiger partial charge in [-0.25, -0.2) is 4.79 Å². The number of fused-ring (bicyclic) bond motifs is 2. The van der Waals surface area contributed by atoms with E-state index in [0.29, 0.717) is 112 Å². The fourth-order valence-electron chi connectivity index (χ4n) is 12.6. The fourth-order valence-corrected chi connectivity index (χ4v) is 15.2. The van der Waals surface area contributed by atoms with Crippen LogP contribution in [0.4, 0.5) is 22.7 Å². The Bertz CT molecular complexity index is 4750. The normalized spacial score (nSPS) is 15.6. The van der Waals surface area contributed by atoms with Crippen LogP contribution in [0.25, 0.3) is 6.08 Å². The minimum Gasteiger partial charge on any atom is -0.506 e. The fraction of sp³-hybridized carbons (Fsp3) is 0.419. The summed E-state index contributed by atoms with van der Waals surface area (Å²) in [5, 5.41) is 40.0. The van der Waals surface area contributed by atoms with Gasteiger partial charge in [-0.3, -0.25) is 24.0 Å². The number of hydrogen-bond acceptors (Lipinski definition) is 16. The smallest absolute Gasteiger partial charge is 0.331 e. The summed E-state index contributed by atoms with van der Waals surface area (Å²) in [5.74, 6) is -1.02. The van der Waals surface area contributed by atoms with Crippen LogP contribution in [0.2, 0.25) is 50.2 Å². The molecule has 0 atom stereocenters. The van der Waals surface area contributed by atoms with Crippen molar-refractivity contribution in [1.82, 2.24) is 0 Å². The Morgan fingerprint density at radius 2 is 0.793 bits per heavy atom. The molecule has 4 aliphatic carbocycles. The first kappa shape index (κ1) is 93.0. The lowest BCUT2D eigenvalue weighted by molar-refractivity contribution is -0.155. The van der Waals surface area contributed by atoms with Crippen LogP contribution in [-0.2, 0) is 62.2 Å². The second-order valence-electron chi connectivity index (χ2n) is 32.0. The van der Waals surface area contributed by atoms with Crippen molar-refractivity contribution in [2.45, 2.75) is 181 Å². The maximum atomic E-state index is 13.7. The lowest BCUT2D eigenvalue weighted by Gasteiger charge is -2.39. The molecule has 0 bridgehead atoms. The van der Waals surface area contributed by atoms with Crippen molar-refractivity contribution in [3.63, 3.8) is 0 Å². The number of halogens is 11. The molecule has 7 aromatic carbocycles. The Morgan fingerprint density at radius 3 is 1.17 bits per heavy atom. The van der Waals surface area contributed by atoms with Crippen molar-refractivity contribution < 1.29 is 72.9 Å². The van der Waals surface area contributed by atoms with Crippen molar-refractivity contribution in [3.8, 4) is 28.7 Å². The summed E-state index contributed by atoms with van der Waals surface area (Å²) < 4.78 is 28.4. The van der Waals surface area contributed by atoms with Gasteiger partial charge < -0.3 is 63.7 Å². The van der Waals surface area contributed by atoms with Crippen molar-refractivity contribution in [2.75, 3.05) is 59.0 Å². The molecular weight excluding hydrogens is 1760 g/mol. The predicted octanol–water partition coefficient (Wildman–Crippen LogP) is 23.1. The number of aromatic hydroxyl groups is 3. The summed E-state index contributed by atoms with van der Waals surface area (Å²) in [5.41, 5.74) is 4.28. The molecule has 2 aliphatic heterocycles. The van der Waals surface area contributed by atoms with Gasteiger partial charge in [0.1, 0.15) is 58.8 Å². The number of aryl methyl sites for hydroxylation is 3. The Hall–Kier alpha value is -6.92. The van der Waals surface area contributed by atoms with Crippen LogP contribution >= 0.6 is 132 Å². The van der Waals surface area contributed by atoms with Gasteiger partial charge in [-0.2, -0.15) is 0 Å². The number of aliphatic carboxylic acids is 1. The first-order valence-corrected chi connectivity index (χ1v) is 42.3. The van der Waals surface area contributed by atoms with Crippen LogP contribution < -0.4 is 29.1 Å². The van der Waals surface area contributed by atoms with Crippen molar-refractivity contribution in [2.24, 2.45) is 10.8 Å². The van der Waals surface area contributed by atoms with Crippen LogP contribution in [0.15, 0.2) is 120 Å². The monoisotopic (exact) mass is 1850 g/mol. The SMILES string of the molecule is CC(C)(C)OC(=O)/C=C/c1cc(Cl)c(O)cc1Cl.CC(C)(C)OC(=O)CCc1cc(Cl)c(O)cc1Cl.CC(C)(C)OC(=O)CCc1cc(Cl)c(OCC2(C(=O)N3CCN(C4CC4)c4ccccc43)CC2)cc1Cl.O=C(O)CCc1cc(Cl)c(OCC2(C(=O)N3CCN(C4CC4)c4ccccc43)CC2)cc1Cl.Oc1cc(Cl)c(Br)cc1Cl. The number of anilines is 4. The van der Waals surface area contributed by atoms with Gasteiger partial charge >= 0.3 is 23.9 Å². The van der Waals surface area contributed by atoms with E-state index in [1.807, 2.05) is 87.7 Å². The van der Waals surface area contributed by atoms with E-state index < -0.39 is 39.6 Å². The molecule has 0 saturated heterocycles. The Kier molecular flexibility index (Phi) is 32.0. The van der Waals surface area contributed by atoms with Crippen LogP contribution in [-0.4, -0.2) is 124 Å². The number of carbonyl (C=O) groups excluding carboxylic acids is 5. The Balaban J connectivity index is 0.000000177. The molecule has 0 unspecified atom stereocenters. The second kappa shape index (κ2) is 40.0. The number of phenolic OH excluding ortho intramolecular Hbond substituents is 3. The molecule has 2 heterocycles. The molecule has 6 aliphatic rings. The van der Waals surface area contributed by atoms with Gasteiger partial charge in [-0.15, -0.1) is 0 Å². The number of carboxylic acids is 1. The average Bonchev–Trinajstić information content (AvgIpc) is 1.18. The van der Waals surface area contributed by atoms with E-state index in [1.54, 1.807) is 57.2 Å². The van der Waals surface area contributed by atoms with Crippen LogP contribution in [0.1, 0.15) is 155 Å². The number of benzene rings is 7. The molecule has 2 amide bonds. The van der Waals surface area contributed by atoms with Crippen LogP contribution in [0.5, 0.6) is 28.7 Å².